The van der Waals surface area contributed by atoms with Crippen molar-refractivity contribution in [3.8, 4) is 0 Å². The van der Waals surface area contributed by atoms with Crippen molar-refractivity contribution in [2.75, 3.05) is 13.6 Å². The second kappa shape index (κ2) is 9.09. The average Bonchev–Trinajstić information content (AvgIpc) is 3.20. The van der Waals surface area contributed by atoms with Gasteiger partial charge in [-0.15, -0.1) is 0 Å². The van der Waals surface area contributed by atoms with Gasteiger partial charge in [0.2, 0.25) is 5.91 Å². The van der Waals surface area contributed by atoms with Crippen LogP contribution in [0.25, 0.3) is 0 Å². The lowest BCUT2D eigenvalue weighted by molar-refractivity contribution is -0.155. The molecular weight excluding hydrogens is 404 g/mol. The van der Waals surface area contributed by atoms with Crippen LogP contribution in [0.1, 0.15) is 30.5 Å². The molecule has 31 heavy (non-hydrogen) atoms. The van der Waals surface area contributed by atoms with E-state index in [2.05, 4.69) is 4.98 Å². The molecule has 0 aliphatic carbocycles. The van der Waals surface area contributed by atoms with Gasteiger partial charge in [0.05, 0.1) is 30.8 Å². The van der Waals surface area contributed by atoms with E-state index in [1.54, 1.807) is 23.0 Å². The predicted octanol–water partition coefficient (Wildman–Crippen LogP) is 2.71. The monoisotopic (exact) mass is 429 g/mol. The minimum absolute atomic E-state index is 0.0504. The number of halogens is 2. The Hall–Kier alpha value is -2.87. The van der Waals surface area contributed by atoms with Crippen LogP contribution >= 0.6 is 0 Å². The fraction of sp³-hybridized carbons (Fsp3) is 0.435. The summed E-state index contributed by atoms with van der Waals surface area (Å²) in [4.78, 5) is 33.1. The van der Waals surface area contributed by atoms with Gasteiger partial charge in [-0.05, 0) is 37.5 Å². The minimum atomic E-state index is -0.979. The molecule has 164 valence electrons. The third-order valence-corrected chi connectivity index (χ3v) is 6.02. The number of rotatable bonds is 5. The highest BCUT2D eigenvalue weighted by atomic mass is 19.2. The van der Waals surface area contributed by atoms with Crippen molar-refractivity contribution in [2.24, 2.45) is 0 Å². The summed E-state index contributed by atoms with van der Waals surface area (Å²) in [6.07, 6.45) is 2.48. The minimum Gasteiger partial charge on any atom is -0.363 e. The second-order valence-electron chi connectivity index (χ2n) is 8.09. The van der Waals surface area contributed by atoms with Gasteiger partial charge in [0.15, 0.2) is 11.6 Å². The van der Waals surface area contributed by atoms with Gasteiger partial charge in [-0.25, -0.2) is 8.78 Å². The molecule has 6 nitrogen and oxygen atoms in total. The molecule has 2 saturated heterocycles. The predicted molar refractivity (Wildman–Crippen MR) is 109 cm³/mol. The van der Waals surface area contributed by atoms with Crippen molar-refractivity contribution in [3.05, 3.63) is 65.5 Å². The number of amides is 2. The van der Waals surface area contributed by atoms with Crippen LogP contribution in [0.15, 0.2) is 42.6 Å². The molecule has 2 aliphatic rings. The van der Waals surface area contributed by atoms with E-state index in [9.17, 15) is 18.4 Å². The van der Waals surface area contributed by atoms with E-state index in [0.717, 1.165) is 11.8 Å². The number of benzene rings is 1. The Bertz CT molecular complexity index is 956. The maximum absolute atomic E-state index is 13.9. The molecule has 1 aromatic heterocycles. The lowest BCUT2D eigenvalue weighted by Gasteiger charge is -2.36. The topological polar surface area (TPSA) is 62.7 Å². The van der Waals surface area contributed by atoms with E-state index in [0.29, 0.717) is 32.4 Å². The highest BCUT2D eigenvalue weighted by Gasteiger charge is 2.44. The number of pyridine rings is 1. The van der Waals surface area contributed by atoms with Crippen molar-refractivity contribution in [1.82, 2.24) is 14.8 Å². The van der Waals surface area contributed by atoms with Gasteiger partial charge >= 0.3 is 0 Å². The lowest BCUT2D eigenvalue weighted by Crippen LogP contribution is -2.49. The summed E-state index contributed by atoms with van der Waals surface area (Å²) in [5.74, 6) is -2.29. The molecule has 2 aromatic rings. The van der Waals surface area contributed by atoms with Gasteiger partial charge in [-0.1, -0.05) is 18.2 Å². The molecule has 0 saturated carbocycles. The Labute approximate surface area is 179 Å². The number of likely N-dealkylation sites (tertiary alicyclic amines) is 1. The summed E-state index contributed by atoms with van der Waals surface area (Å²) < 4.78 is 33.4. The summed E-state index contributed by atoms with van der Waals surface area (Å²) in [6.45, 7) is 0.882. The summed E-state index contributed by atoms with van der Waals surface area (Å²) in [6, 6.07) is 9.28. The quantitative estimate of drug-likeness (QED) is 0.733. The van der Waals surface area contributed by atoms with E-state index in [-0.39, 0.29) is 35.9 Å². The number of fused-ring (bicyclic) bond motifs is 1. The molecule has 3 heterocycles. The first-order valence-electron chi connectivity index (χ1n) is 10.5. The fourth-order valence-corrected chi connectivity index (χ4v) is 4.43. The smallest absolute Gasteiger partial charge is 0.251 e. The van der Waals surface area contributed by atoms with Crippen LogP contribution < -0.4 is 0 Å². The lowest BCUT2D eigenvalue weighted by atomic mass is 9.98. The molecule has 3 atom stereocenters. The molecule has 4 rings (SSSR count). The molecule has 0 radical (unpaired) electrons. The molecule has 0 bridgehead atoms. The van der Waals surface area contributed by atoms with Gasteiger partial charge in [-0.3, -0.25) is 14.6 Å². The first kappa shape index (κ1) is 21.4. The highest BCUT2D eigenvalue weighted by Crippen LogP contribution is 2.32. The summed E-state index contributed by atoms with van der Waals surface area (Å²) in [5.41, 5.74) is 0.851. The van der Waals surface area contributed by atoms with Crippen molar-refractivity contribution >= 4 is 11.8 Å². The van der Waals surface area contributed by atoms with E-state index >= 15 is 0 Å². The molecule has 0 spiro atoms. The van der Waals surface area contributed by atoms with Gasteiger partial charge in [0.1, 0.15) is 6.10 Å². The summed E-state index contributed by atoms with van der Waals surface area (Å²) in [5, 5.41) is 0. The van der Waals surface area contributed by atoms with E-state index in [4.69, 9.17) is 4.74 Å². The zero-order valence-electron chi connectivity index (χ0n) is 17.3. The van der Waals surface area contributed by atoms with Crippen LogP contribution in [0.4, 0.5) is 8.78 Å². The van der Waals surface area contributed by atoms with Crippen LogP contribution in [0.3, 0.4) is 0 Å². The Morgan fingerprint density at radius 1 is 1.16 bits per heavy atom. The van der Waals surface area contributed by atoms with Gasteiger partial charge in [0, 0.05) is 25.4 Å². The van der Waals surface area contributed by atoms with Crippen molar-refractivity contribution in [1.29, 1.82) is 0 Å². The van der Waals surface area contributed by atoms with E-state index < -0.39 is 17.7 Å². The largest absolute Gasteiger partial charge is 0.363 e. The number of hydrogen-bond donors (Lipinski definition) is 0. The van der Waals surface area contributed by atoms with Gasteiger partial charge in [-0.2, -0.15) is 0 Å². The molecule has 2 amide bonds. The first-order valence-corrected chi connectivity index (χ1v) is 10.5. The molecule has 2 aliphatic heterocycles. The number of ether oxygens (including phenoxy) is 1. The van der Waals surface area contributed by atoms with Crippen molar-refractivity contribution in [3.63, 3.8) is 0 Å². The number of nitrogens with zero attached hydrogens (tertiary/aromatic N) is 3. The number of aromatic nitrogens is 1. The van der Waals surface area contributed by atoms with Crippen LogP contribution in [-0.4, -0.2) is 58.4 Å². The van der Waals surface area contributed by atoms with Crippen LogP contribution in [0, 0.1) is 11.6 Å². The normalized spacial score (nSPS) is 22.8. The van der Waals surface area contributed by atoms with Crippen LogP contribution in [0.2, 0.25) is 0 Å². The first-order chi connectivity index (χ1) is 14.9. The molecule has 0 N–H and O–H groups in total. The third kappa shape index (κ3) is 4.58. The molecule has 8 heteroatoms. The Kier molecular flexibility index (Phi) is 6.27. The number of carbonyl (C=O) groups excluding carboxylic acids is 2. The maximum Gasteiger partial charge on any atom is 0.251 e. The average molecular weight is 429 g/mol. The Balaban J connectivity index is 1.35. The molecule has 2 fully saturated rings. The second-order valence-corrected chi connectivity index (χ2v) is 8.09. The zero-order valence-corrected chi connectivity index (χ0v) is 17.3. The van der Waals surface area contributed by atoms with Crippen molar-refractivity contribution in [2.45, 2.75) is 50.5 Å². The summed E-state index contributed by atoms with van der Waals surface area (Å²) in [7, 11) is 1.73. The van der Waals surface area contributed by atoms with Gasteiger partial charge < -0.3 is 14.5 Å². The fourth-order valence-electron chi connectivity index (χ4n) is 4.43. The molecular formula is C23H25F2N3O3. The van der Waals surface area contributed by atoms with E-state index in [1.165, 1.54) is 12.1 Å². The highest BCUT2D eigenvalue weighted by molar-refractivity contribution is 5.81. The van der Waals surface area contributed by atoms with E-state index in [1.807, 2.05) is 18.2 Å². The molecule has 0 unspecified atom stereocenters. The Morgan fingerprint density at radius 2 is 2.00 bits per heavy atom. The standard InChI is InChI=1S/C23H25F2N3O3/c1-27(14-16-6-2-3-11-26-16)23(30)20-9-8-18-19(31-20)10-12-28(18)21(29)13-15-5-4-7-17(24)22(15)25/h2-7,11,18-20H,8-10,12-14H2,1H3/t18-,19-,20+/m1/s1. The Morgan fingerprint density at radius 3 is 2.77 bits per heavy atom. The van der Waals surface area contributed by atoms with Crippen LogP contribution in [-0.2, 0) is 27.3 Å². The SMILES string of the molecule is CN(Cc1ccccn1)C(=O)[C@@H]1CC[C@@H]2[C@@H](CCN2C(=O)Cc2cccc(F)c2F)O1. The maximum atomic E-state index is 13.9. The third-order valence-electron chi connectivity index (χ3n) is 6.02. The number of likely N-dealkylation sites (N-methyl/N-ethyl adjacent to an activating group) is 1. The van der Waals surface area contributed by atoms with Gasteiger partial charge in [0.25, 0.3) is 5.91 Å². The molecule has 1 aromatic carbocycles. The van der Waals surface area contributed by atoms with Crippen LogP contribution in [0.5, 0.6) is 0 Å². The zero-order chi connectivity index (χ0) is 22.0. The number of hydrogen-bond acceptors (Lipinski definition) is 4. The van der Waals surface area contributed by atoms with Crippen molar-refractivity contribution < 1.29 is 23.1 Å². The number of carbonyl (C=O) groups is 2. The summed E-state index contributed by atoms with van der Waals surface area (Å²) >= 11 is 0.